The molecule has 0 radical (unpaired) electrons. The van der Waals surface area contributed by atoms with Crippen molar-refractivity contribution in [3.63, 3.8) is 0 Å². The van der Waals surface area contributed by atoms with Gasteiger partial charge in [0.1, 0.15) is 13.2 Å². The van der Waals surface area contributed by atoms with Gasteiger partial charge in [-0.2, -0.15) is 0 Å². The molecule has 1 unspecified atom stereocenters. The quantitative estimate of drug-likeness (QED) is 0.797. The number of benzene rings is 1. The van der Waals surface area contributed by atoms with Gasteiger partial charge in [0, 0.05) is 11.1 Å². The Labute approximate surface area is 118 Å². The van der Waals surface area contributed by atoms with E-state index in [1.165, 1.54) is 0 Å². The van der Waals surface area contributed by atoms with Gasteiger partial charge < -0.3 is 19.9 Å². The van der Waals surface area contributed by atoms with E-state index in [9.17, 15) is 9.90 Å². The first-order chi connectivity index (χ1) is 9.43. The van der Waals surface area contributed by atoms with Crippen molar-refractivity contribution in [2.45, 2.75) is 32.4 Å². The maximum atomic E-state index is 12.4. The van der Waals surface area contributed by atoms with Crippen LogP contribution < -0.4 is 14.8 Å². The minimum absolute atomic E-state index is 0.0360. The van der Waals surface area contributed by atoms with Crippen LogP contribution in [0.15, 0.2) is 18.2 Å². The smallest absolute Gasteiger partial charge is 0.179 e. The predicted molar refractivity (Wildman–Crippen MR) is 75.5 cm³/mol. The molecule has 2 N–H and O–H groups in total. The first kappa shape index (κ1) is 14.8. The van der Waals surface area contributed by atoms with Gasteiger partial charge in [0.05, 0.1) is 12.6 Å². The highest BCUT2D eigenvalue weighted by Crippen LogP contribution is 2.31. The number of hydrogen-bond acceptors (Lipinski definition) is 5. The Morgan fingerprint density at radius 1 is 1.35 bits per heavy atom. The van der Waals surface area contributed by atoms with Crippen molar-refractivity contribution in [2.75, 3.05) is 19.8 Å². The lowest BCUT2D eigenvalue weighted by molar-refractivity contribution is 0.0910. The van der Waals surface area contributed by atoms with Crippen LogP contribution in [-0.2, 0) is 0 Å². The first-order valence-electron chi connectivity index (χ1n) is 6.75. The molecule has 1 heterocycles. The summed E-state index contributed by atoms with van der Waals surface area (Å²) in [4.78, 5) is 12.4. The number of carbonyl (C=O) groups is 1. The van der Waals surface area contributed by atoms with E-state index in [-0.39, 0.29) is 18.4 Å². The fourth-order valence-corrected chi connectivity index (χ4v) is 2.14. The molecule has 0 amide bonds. The molecule has 0 aliphatic carbocycles. The molecule has 0 saturated heterocycles. The number of carbonyl (C=O) groups excluding carboxylic acids is 1. The van der Waals surface area contributed by atoms with Gasteiger partial charge in [-0.15, -0.1) is 0 Å². The van der Waals surface area contributed by atoms with Crippen LogP contribution in [0.2, 0.25) is 0 Å². The SMILES string of the molecule is CC(NC(C)(C)CO)C(=O)c1ccc2c(c1)OCCO2. The summed E-state index contributed by atoms with van der Waals surface area (Å²) in [5.74, 6) is 1.24. The lowest BCUT2D eigenvalue weighted by Gasteiger charge is -2.27. The van der Waals surface area contributed by atoms with Gasteiger partial charge in [0.15, 0.2) is 17.3 Å². The second-order valence-corrected chi connectivity index (χ2v) is 5.63. The van der Waals surface area contributed by atoms with Crippen molar-refractivity contribution in [3.05, 3.63) is 23.8 Å². The second kappa shape index (κ2) is 5.81. The molecule has 0 spiro atoms. The summed E-state index contributed by atoms with van der Waals surface area (Å²) >= 11 is 0. The molecule has 2 rings (SSSR count). The van der Waals surface area contributed by atoms with Crippen molar-refractivity contribution in [2.24, 2.45) is 0 Å². The number of hydrogen-bond donors (Lipinski definition) is 2. The average Bonchev–Trinajstić information content (AvgIpc) is 2.45. The minimum atomic E-state index is -0.497. The van der Waals surface area contributed by atoms with Crippen molar-refractivity contribution in [3.8, 4) is 11.5 Å². The van der Waals surface area contributed by atoms with Crippen LogP contribution in [0.3, 0.4) is 0 Å². The average molecular weight is 279 g/mol. The Bertz CT molecular complexity index is 499. The number of nitrogens with one attached hydrogen (secondary N) is 1. The number of ketones is 1. The zero-order valence-electron chi connectivity index (χ0n) is 12.1. The topological polar surface area (TPSA) is 67.8 Å². The summed E-state index contributed by atoms with van der Waals surface area (Å²) in [6.45, 7) is 6.47. The zero-order chi connectivity index (χ0) is 14.8. The van der Waals surface area contributed by atoms with Crippen molar-refractivity contribution in [1.82, 2.24) is 5.32 Å². The molecule has 110 valence electrons. The first-order valence-corrected chi connectivity index (χ1v) is 6.75. The van der Waals surface area contributed by atoms with Gasteiger partial charge in [0.25, 0.3) is 0 Å². The molecule has 20 heavy (non-hydrogen) atoms. The number of rotatable bonds is 5. The molecule has 1 aliphatic rings. The molecule has 0 fully saturated rings. The number of Topliss-reactive ketones (excluding diaryl/α,β-unsaturated/α-hetero) is 1. The van der Waals surface area contributed by atoms with Crippen molar-refractivity contribution < 1.29 is 19.4 Å². The molecular weight excluding hydrogens is 258 g/mol. The van der Waals surface area contributed by atoms with E-state index in [1.807, 2.05) is 13.8 Å². The summed E-state index contributed by atoms with van der Waals surface area (Å²) in [6.07, 6.45) is 0. The highest BCUT2D eigenvalue weighted by atomic mass is 16.6. The van der Waals surface area contributed by atoms with Crippen LogP contribution in [-0.4, -0.2) is 42.3 Å². The third-order valence-corrected chi connectivity index (χ3v) is 3.22. The van der Waals surface area contributed by atoms with Gasteiger partial charge in [0.2, 0.25) is 0 Å². The highest BCUT2D eigenvalue weighted by Gasteiger charge is 2.24. The lowest BCUT2D eigenvalue weighted by atomic mass is 10.0. The van der Waals surface area contributed by atoms with Gasteiger partial charge in [-0.25, -0.2) is 0 Å². The van der Waals surface area contributed by atoms with E-state index in [4.69, 9.17) is 9.47 Å². The molecular formula is C15H21NO4. The van der Waals surface area contributed by atoms with Crippen molar-refractivity contribution in [1.29, 1.82) is 0 Å². The summed E-state index contributed by atoms with van der Waals surface area (Å²) < 4.78 is 10.9. The largest absolute Gasteiger partial charge is 0.486 e. The summed E-state index contributed by atoms with van der Waals surface area (Å²) in [5.41, 5.74) is 0.0751. The van der Waals surface area contributed by atoms with Crippen molar-refractivity contribution >= 4 is 5.78 Å². The summed E-state index contributed by atoms with van der Waals surface area (Å²) in [6, 6.07) is 4.81. The molecule has 1 aliphatic heterocycles. The Balaban J connectivity index is 2.12. The highest BCUT2D eigenvalue weighted by molar-refractivity contribution is 6.00. The van der Waals surface area contributed by atoms with E-state index >= 15 is 0 Å². The third kappa shape index (κ3) is 3.29. The van der Waals surface area contributed by atoms with Gasteiger partial charge in [-0.1, -0.05) is 0 Å². The fraction of sp³-hybridized carbons (Fsp3) is 0.533. The zero-order valence-corrected chi connectivity index (χ0v) is 12.1. The van der Waals surface area contributed by atoms with E-state index in [1.54, 1.807) is 25.1 Å². The summed E-state index contributed by atoms with van der Waals surface area (Å²) in [5, 5.41) is 12.4. The second-order valence-electron chi connectivity index (χ2n) is 5.63. The molecule has 5 nitrogen and oxygen atoms in total. The molecule has 1 atom stereocenters. The van der Waals surface area contributed by atoms with Crippen LogP contribution in [0, 0.1) is 0 Å². The van der Waals surface area contributed by atoms with Gasteiger partial charge >= 0.3 is 0 Å². The standard InChI is InChI=1S/C15H21NO4/c1-10(16-15(2,3)9-17)14(18)11-4-5-12-13(8-11)20-7-6-19-12/h4-5,8,10,16-17H,6-7,9H2,1-3H3. The van der Waals surface area contributed by atoms with E-state index < -0.39 is 5.54 Å². The van der Waals surface area contributed by atoms with Crippen LogP contribution in [0.1, 0.15) is 31.1 Å². The molecule has 0 bridgehead atoms. The number of ether oxygens (including phenoxy) is 2. The third-order valence-electron chi connectivity index (χ3n) is 3.22. The Kier molecular flexibility index (Phi) is 4.30. The molecule has 0 saturated carbocycles. The molecule has 0 aromatic heterocycles. The molecule has 1 aromatic carbocycles. The number of aliphatic hydroxyl groups excluding tert-OH is 1. The maximum absolute atomic E-state index is 12.4. The Morgan fingerprint density at radius 3 is 2.65 bits per heavy atom. The predicted octanol–water partition coefficient (Wildman–Crippen LogP) is 1.39. The lowest BCUT2D eigenvalue weighted by Crippen LogP contribution is -2.50. The molecule has 5 heteroatoms. The van der Waals surface area contributed by atoms with Gasteiger partial charge in [-0.05, 0) is 39.0 Å². The van der Waals surface area contributed by atoms with E-state index in [0.717, 1.165) is 0 Å². The normalized spacial score (nSPS) is 15.8. The van der Waals surface area contributed by atoms with Crippen LogP contribution in [0.4, 0.5) is 0 Å². The fourth-order valence-electron chi connectivity index (χ4n) is 2.14. The minimum Gasteiger partial charge on any atom is -0.486 e. The maximum Gasteiger partial charge on any atom is 0.179 e. The summed E-state index contributed by atoms with van der Waals surface area (Å²) in [7, 11) is 0. The van der Waals surface area contributed by atoms with Crippen LogP contribution in [0.25, 0.3) is 0 Å². The Hall–Kier alpha value is -1.59. The monoisotopic (exact) mass is 279 g/mol. The number of aliphatic hydroxyl groups is 1. The van der Waals surface area contributed by atoms with Crippen LogP contribution in [0.5, 0.6) is 11.5 Å². The molecule has 1 aromatic rings. The Morgan fingerprint density at radius 2 is 2.00 bits per heavy atom. The van der Waals surface area contributed by atoms with E-state index in [0.29, 0.717) is 30.3 Å². The van der Waals surface area contributed by atoms with E-state index in [2.05, 4.69) is 5.32 Å². The van der Waals surface area contributed by atoms with Crippen LogP contribution >= 0.6 is 0 Å². The number of fused-ring (bicyclic) bond motifs is 1. The van der Waals surface area contributed by atoms with Gasteiger partial charge in [-0.3, -0.25) is 4.79 Å².